The van der Waals surface area contributed by atoms with Gasteiger partial charge in [0.1, 0.15) is 17.2 Å². The van der Waals surface area contributed by atoms with Crippen LogP contribution in [0.2, 0.25) is 0 Å². The molecule has 1 aliphatic rings. The molecular formula is C18H19BrClFN2O2. The molecule has 0 fully saturated rings. The number of fused-ring (bicyclic) bond motifs is 1. The van der Waals surface area contributed by atoms with Crippen LogP contribution in [-0.4, -0.2) is 11.5 Å². The van der Waals surface area contributed by atoms with Crippen molar-refractivity contribution in [1.82, 2.24) is 5.32 Å². The Bertz CT molecular complexity index is 814. The number of halogens is 3. The molecule has 0 saturated carbocycles. The van der Waals surface area contributed by atoms with E-state index in [1.165, 1.54) is 12.1 Å². The maximum Gasteiger partial charge on any atom is 0.251 e. The van der Waals surface area contributed by atoms with Crippen LogP contribution < -0.4 is 15.8 Å². The van der Waals surface area contributed by atoms with Crippen LogP contribution in [0.15, 0.2) is 40.9 Å². The summed E-state index contributed by atoms with van der Waals surface area (Å²) < 4.78 is 19.9. The minimum absolute atomic E-state index is 0. The predicted molar refractivity (Wildman–Crippen MR) is 102 cm³/mol. The molecule has 0 aromatic heterocycles. The van der Waals surface area contributed by atoms with Crippen molar-refractivity contribution in [3.05, 3.63) is 57.8 Å². The second kappa shape index (κ2) is 7.22. The third-order valence-electron chi connectivity index (χ3n) is 3.98. The summed E-state index contributed by atoms with van der Waals surface area (Å²) in [6.07, 6.45) is 0.591. The van der Waals surface area contributed by atoms with E-state index in [1.807, 2.05) is 19.9 Å². The van der Waals surface area contributed by atoms with Crippen LogP contribution in [0.4, 0.5) is 10.1 Å². The zero-order valence-corrected chi connectivity index (χ0v) is 16.2. The van der Waals surface area contributed by atoms with E-state index in [0.29, 0.717) is 22.3 Å². The highest BCUT2D eigenvalue weighted by atomic mass is 79.9. The van der Waals surface area contributed by atoms with Crippen molar-refractivity contribution in [1.29, 1.82) is 0 Å². The van der Waals surface area contributed by atoms with Gasteiger partial charge in [-0.1, -0.05) is 0 Å². The predicted octanol–water partition coefficient (Wildman–Crippen LogP) is 4.62. The fraction of sp³-hybridized carbons (Fsp3) is 0.278. The number of hydrogen-bond acceptors (Lipinski definition) is 3. The highest BCUT2D eigenvalue weighted by molar-refractivity contribution is 9.10. The number of nitrogens with one attached hydrogen (secondary N) is 1. The van der Waals surface area contributed by atoms with E-state index in [-0.39, 0.29) is 29.9 Å². The number of anilines is 1. The van der Waals surface area contributed by atoms with Crippen molar-refractivity contribution in [3.63, 3.8) is 0 Å². The lowest BCUT2D eigenvalue weighted by Gasteiger charge is -2.38. The molecule has 1 atom stereocenters. The maximum absolute atomic E-state index is 13.7. The van der Waals surface area contributed by atoms with E-state index in [2.05, 4.69) is 21.2 Å². The van der Waals surface area contributed by atoms with E-state index in [4.69, 9.17) is 10.5 Å². The normalized spacial score (nSPS) is 17.7. The number of ether oxygens (including phenoxy) is 1. The van der Waals surface area contributed by atoms with E-state index in [1.54, 1.807) is 18.2 Å². The van der Waals surface area contributed by atoms with E-state index < -0.39 is 11.4 Å². The van der Waals surface area contributed by atoms with E-state index in [9.17, 15) is 9.18 Å². The van der Waals surface area contributed by atoms with Crippen molar-refractivity contribution < 1.29 is 13.9 Å². The average molecular weight is 430 g/mol. The summed E-state index contributed by atoms with van der Waals surface area (Å²) in [6, 6.07) is 9.43. The lowest BCUT2D eigenvalue weighted by molar-refractivity contribution is 0.0620. The zero-order valence-electron chi connectivity index (χ0n) is 13.8. The van der Waals surface area contributed by atoms with Gasteiger partial charge in [-0.15, -0.1) is 12.4 Å². The SMILES string of the molecule is CC1(C)CC(NC(=O)c2ccc(Br)c(F)c2)c2cc(N)ccc2O1.Cl. The molecule has 0 radical (unpaired) electrons. The highest BCUT2D eigenvalue weighted by Gasteiger charge is 2.34. The minimum atomic E-state index is -0.473. The Labute approximate surface area is 160 Å². The largest absolute Gasteiger partial charge is 0.487 e. The Morgan fingerprint density at radius 1 is 1.32 bits per heavy atom. The monoisotopic (exact) mass is 428 g/mol. The molecule has 134 valence electrons. The van der Waals surface area contributed by atoms with Gasteiger partial charge in [0.15, 0.2) is 0 Å². The van der Waals surface area contributed by atoms with Crippen LogP contribution in [0.1, 0.15) is 42.2 Å². The number of benzene rings is 2. The second-order valence-electron chi connectivity index (χ2n) is 6.52. The molecule has 0 saturated heterocycles. The first-order chi connectivity index (χ1) is 11.2. The number of hydrogen-bond donors (Lipinski definition) is 2. The Morgan fingerprint density at radius 2 is 2.04 bits per heavy atom. The summed E-state index contributed by atoms with van der Waals surface area (Å²) in [5.74, 6) is -0.107. The van der Waals surface area contributed by atoms with Gasteiger partial charge in [-0.05, 0) is 66.2 Å². The summed E-state index contributed by atoms with van der Waals surface area (Å²) in [5.41, 5.74) is 7.15. The van der Waals surface area contributed by atoms with Crippen molar-refractivity contribution >= 4 is 39.9 Å². The van der Waals surface area contributed by atoms with Crippen molar-refractivity contribution in [2.24, 2.45) is 0 Å². The van der Waals surface area contributed by atoms with Crippen LogP contribution in [0.3, 0.4) is 0 Å². The van der Waals surface area contributed by atoms with Gasteiger partial charge in [0.05, 0.1) is 10.5 Å². The van der Waals surface area contributed by atoms with Gasteiger partial charge in [0, 0.05) is 23.2 Å². The van der Waals surface area contributed by atoms with Crippen molar-refractivity contribution in [3.8, 4) is 5.75 Å². The highest BCUT2D eigenvalue weighted by Crippen LogP contribution is 2.40. The summed E-state index contributed by atoms with van der Waals surface area (Å²) in [7, 11) is 0. The number of nitrogen functional groups attached to an aromatic ring is 1. The molecule has 7 heteroatoms. The van der Waals surface area contributed by atoms with Gasteiger partial charge >= 0.3 is 0 Å². The first-order valence-electron chi connectivity index (χ1n) is 7.59. The topological polar surface area (TPSA) is 64.4 Å². The number of rotatable bonds is 2. The fourth-order valence-corrected chi connectivity index (χ4v) is 3.13. The third-order valence-corrected chi connectivity index (χ3v) is 4.62. The molecule has 0 spiro atoms. The Morgan fingerprint density at radius 3 is 2.72 bits per heavy atom. The molecule has 1 amide bonds. The molecule has 3 rings (SSSR count). The molecule has 1 aliphatic heterocycles. The lowest BCUT2D eigenvalue weighted by Crippen LogP contribution is -2.41. The second-order valence-corrected chi connectivity index (χ2v) is 7.37. The Hall–Kier alpha value is -1.79. The van der Waals surface area contributed by atoms with Crippen LogP contribution >= 0.6 is 28.3 Å². The van der Waals surface area contributed by atoms with Gasteiger partial charge in [0.2, 0.25) is 0 Å². The average Bonchev–Trinajstić information content (AvgIpc) is 2.50. The summed E-state index contributed by atoms with van der Waals surface area (Å²) >= 11 is 3.08. The maximum atomic E-state index is 13.7. The number of carbonyl (C=O) groups is 1. The van der Waals surface area contributed by atoms with Gasteiger partial charge < -0.3 is 15.8 Å². The molecule has 1 unspecified atom stereocenters. The van der Waals surface area contributed by atoms with Gasteiger partial charge in [-0.3, -0.25) is 4.79 Å². The van der Waals surface area contributed by atoms with Gasteiger partial charge in [-0.25, -0.2) is 4.39 Å². The first-order valence-corrected chi connectivity index (χ1v) is 8.39. The van der Waals surface area contributed by atoms with Gasteiger partial charge in [-0.2, -0.15) is 0 Å². The summed E-state index contributed by atoms with van der Waals surface area (Å²) in [5, 5.41) is 2.96. The molecule has 25 heavy (non-hydrogen) atoms. The van der Waals surface area contributed by atoms with Crippen molar-refractivity contribution in [2.45, 2.75) is 31.9 Å². The standard InChI is InChI=1S/C18H18BrFN2O2.ClH/c1-18(2)9-15(12-8-11(21)4-6-16(12)24-18)22-17(23)10-3-5-13(19)14(20)7-10;/h3-8,15H,9,21H2,1-2H3,(H,22,23);1H. The molecule has 0 bridgehead atoms. The van der Waals surface area contributed by atoms with Crippen molar-refractivity contribution in [2.75, 3.05) is 5.73 Å². The first kappa shape index (κ1) is 19.5. The smallest absolute Gasteiger partial charge is 0.251 e. The minimum Gasteiger partial charge on any atom is -0.487 e. The van der Waals surface area contributed by atoms with E-state index >= 15 is 0 Å². The van der Waals surface area contributed by atoms with Gasteiger partial charge in [0.25, 0.3) is 5.91 Å². The van der Waals surface area contributed by atoms with Crippen LogP contribution in [-0.2, 0) is 0 Å². The molecule has 2 aromatic carbocycles. The molecule has 2 aromatic rings. The molecular weight excluding hydrogens is 411 g/mol. The summed E-state index contributed by atoms with van der Waals surface area (Å²) in [4.78, 5) is 12.5. The number of carbonyl (C=O) groups excluding carboxylic acids is 1. The van der Waals surface area contributed by atoms with E-state index in [0.717, 1.165) is 5.56 Å². The lowest BCUT2D eigenvalue weighted by atomic mass is 9.89. The molecule has 0 aliphatic carbocycles. The van der Waals surface area contributed by atoms with Crippen LogP contribution in [0.5, 0.6) is 5.75 Å². The fourth-order valence-electron chi connectivity index (χ4n) is 2.88. The quantitative estimate of drug-likeness (QED) is 0.684. The molecule has 4 nitrogen and oxygen atoms in total. The molecule has 3 N–H and O–H groups in total. The number of nitrogens with two attached hydrogens (primary N) is 1. The summed E-state index contributed by atoms with van der Waals surface area (Å²) in [6.45, 7) is 3.93. The Balaban J connectivity index is 0.00000225. The van der Waals surface area contributed by atoms with Crippen LogP contribution in [0, 0.1) is 5.82 Å². The number of amides is 1. The zero-order chi connectivity index (χ0) is 17.5. The molecule has 1 heterocycles. The Kier molecular flexibility index (Phi) is 5.64. The third kappa shape index (κ3) is 4.25. The van der Waals surface area contributed by atoms with Crippen LogP contribution in [0.25, 0.3) is 0 Å².